The summed E-state index contributed by atoms with van der Waals surface area (Å²) in [6, 6.07) is 0.634. The molecule has 2 heteroatoms. The number of hydrogen-bond donors (Lipinski definition) is 1. The second kappa shape index (κ2) is 9.17. The van der Waals surface area contributed by atoms with Crippen molar-refractivity contribution in [1.29, 1.82) is 0 Å². The van der Waals surface area contributed by atoms with Gasteiger partial charge in [0, 0.05) is 19.3 Å². The lowest BCUT2D eigenvalue weighted by Gasteiger charge is -2.15. The molecule has 0 saturated heterocycles. The second-order valence-corrected chi connectivity index (χ2v) is 5.31. The molecule has 0 rings (SSSR count). The SMILES string of the molecule is CC(C)COCCCNC(C)CC(C)C. The molecule has 0 aliphatic carbocycles. The van der Waals surface area contributed by atoms with Crippen molar-refractivity contribution in [2.75, 3.05) is 19.8 Å². The van der Waals surface area contributed by atoms with Gasteiger partial charge in [0.1, 0.15) is 0 Å². The van der Waals surface area contributed by atoms with Gasteiger partial charge < -0.3 is 10.1 Å². The first-order valence-corrected chi connectivity index (χ1v) is 6.33. The minimum atomic E-state index is 0.634. The van der Waals surface area contributed by atoms with Crippen LogP contribution in [0.4, 0.5) is 0 Å². The van der Waals surface area contributed by atoms with E-state index in [0.29, 0.717) is 12.0 Å². The van der Waals surface area contributed by atoms with Crippen molar-refractivity contribution >= 4 is 0 Å². The summed E-state index contributed by atoms with van der Waals surface area (Å²) in [6.45, 7) is 14.0. The summed E-state index contributed by atoms with van der Waals surface area (Å²) in [4.78, 5) is 0. The van der Waals surface area contributed by atoms with Gasteiger partial charge in [-0.3, -0.25) is 0 Å². The van der Waals surface area contributed by atoms with Crippen LogP contribution in [0, 0.1) is 11.8 Å². The van der Waals surface area contributed by atoms with E-state index in [1.807, 2.05) is 0 Å². The molecule has 0 spiro atoms. The minimum Gasteiger partial charge on any atom is -0.381 e. The fourth-order valence-corrected chi connectivity index (χ4v) is 1.63. The maximum Gasteiger partial charge on any atom is 0.0489 e. The van der Waals surface area contributed by atoms with Gasteiger partial charge in [-0.15, -0.1) is 0 Å². The lowest BCUT2D eigenvalue weighted by molar-refractivity contribution is 0.107. The number of hydrogen-bond acceptors (Lipinski definition) is 2. The van der Waals surface area contributed by atoms with Crippen molar-refractivity contribution in [3.05, 3.63) is 0 Å². The molecule has 0 aromatic rings. The van der Waals surface area contributed by atoms with E-state index in [1.165, 1.54) is 6.42 Å². The predicted molar refractivity (Wildman–Crippen MR) is 67.2 cm³/mol. The van der Waals surface area contributed by atoms with Crippen LogP contribution in [0.2, 0.25) is 0 Å². The molecule has 1 N–H and O–H groups in total. The van der Waals surface area contributed by atoms with Crippen LogP contribution in [0.3, 0.4) is 0 Å². The van der Waals surface area contributed by atoms with Gasteiger partial charge in [-0.05, 0) is 38.1 Å². The first kappa shape index (κ1) is 14.9. The van der Waals surface area contributed by atoms with Crippen LogP contribution in [-0.2, 0) is 4.74 Å². The van der Waals surface area contributed by atoms with E-state index >= 15 is 0 Å². The molecule has 0 aromatic carbocycles. The predicted octanol–water partition coefficient (Wildman–Crippen LogP) is 3.07. The average Bonchev–Trinajstić information content (AvgIpc) is 2.09. The Hall–Kier alpha value is -0.0800. The van der Waals surface area contributed by atoms with Gasteiger partial charge in [0.15, 0.2) is 0 Å². The first-order valence-electron chi connectivity index (χ1n) is 6.33. The van der Waals surface area contributed by atoms with Crippen molar-refractivity contribution in [3.8, 4) is 0 Å². The third-order valence-corrected chi connectivity index (χ3v) is 2.23. The van der Waals surface area contributed by atoms with E-state index in [2.05, 4.69) is 39.9 Å². The summed E-state index contributed by atoms with van der Waals surface area (Å²) in [7, 11) is 0. The van der Waals surface area contributed by atoms with Crippen molar-refractivity contribution in [3.63, 3.8) is 0 Å². The van der Waals surface area contributed by atoms with Crippen LogP contribution in [-0.4, -0.2) is 25.8 Å². The Morgan fingerprint density at radius 2 is 1.67 bits per heavy atom. The molecule has 0 heterocycles. The molecule has 1 unspecified atom stereocenters. The Labute approximate surface area is 95.8 Å². The topological polar surface area (TPSA) is 21.3 Å². The Morgan fingerprint density at radius 3 is 2.20 bits per heavy atom. The molecule has 92 valence electrons. The largest absolute Gasteiger partial charge is 0.381 e. The van der Waals surface area contributed by atoms with Crippen molar-refractivity contribution in [2.45, 2.75) is 53.5 Å². The standard InChI is InChI=1S/C13H29NO/c1-11(2)9-13(5)14-7-6-8-15-10-12(3)4/h11-14H,6-10H2,1-5H3. The zero-order valence-corrected chi connectivity index (χ0v) is 11.2. The highest BCUT2D eigenvalue weighted by Crippen LogP contribution is 2.03. The number of rotatable bonds is 9. The van der Waals surface area contributed by atoms with E-state index in [9.17, 15) is 0 Å². The zero-order chi connectivity index (χ0) is 11.7. The van der Waals surface area contributed by atoms with Crippen LogP contribution in [0.15, 0.2) is 0 Å². The fraction of sp³-hybridized carbons (Fsp3) is 1.00. The van der Waals surface area contributed by atoms with E-state index in [0.717, 1.165) is 32.1 Å². The summed E-state index contributed by atoms with van der Waals surface area (Å²) in [5, 5.41) is 3.52. The van der Waals surface area contributed by atoms with E-state index < -0.39 is 0 Å². The Morgan fingerprint density at radius 1 is 1.00 bits per heavy atom. The van der Waals surface area contributed by atoms with Crippen molar-refractivity contribution in [1.82, 2.24) is 5.32 Å². The van der Waals surface area contributed by atoms with Gasteiger partial charge in [0.05, 0.1) is 0 Å². The normalized spacial score (nSPS) is 13.8. The highest BCUT2D eigenvalue weighted by atomic mass is 16.5. The fourth-order valence-electron chi connectivity index (χ4n) is 1.63. The second-order valence-electron chi connectivity index (χ2n) is 5.31. The lowest BCUT2D eigenvalue weighted by atomic mass is 10.1. The summed E-state index contributed by atoms with van der Waals surface area (Å²) in [5.41, 5.74) is 0. The minimum absolute atomic E-state index is 0.634. The Kier molecular flexibility index (Phi) is 9.12. The third-order valence-electron chi connectivity index (χ3n) is 2.23. The third kappa shape index (κ3) is 11.8. The van der Waals surface area contributed by atoms with Crippen LogP contribution >= 0.6 is 0 Å². The molecule has 0 bridgehead atoms. The summed E-state index contributed by atoms with van der Waals surface area (Å²) in [5.74, 6) is 1.43. The van der Waals surface area contributed by atoms with Gasteiger partial charge in [0.25, 0.3) is 0 Å². The van der Waals surface area contributed by atoms with E-state index in [-0.39, 0.29) is 0 Å². The zero-order valence-electron chi connectivity index (χ0n) is 11.2. The van der Waals surface area contributed by atoms with Gasteiger partial charge in [-0.2, -0.15) is 0 Å². The van der Waals surface area contributed by atoms with Gasteiger partial charge in [-0.25, -0.2) is 0 Å². The van der Waals surface area contributed by atoms with Crippen molar-refractivity contribution < 1.29 is 4.74 Å². The monoisotopic (exact) mass is 215 g/mol. The van der Waals surface area contributed by atoms with E-state index in [4.69, 9.17) is 4.74 Å². The first-order chi connectivity index (χ1) is 7.02. The summed E-state index contributed by atoms with van der Waals surface area (Å²) >= 11 is 0. The molecule has 2 nitrogen and oxygen atoms in total. The molecular formula is C13H29NO. The average molecular weight is 215 g/mol. The quantitative estimate of drug-likeness (QED) is 0.597. The van der Waals surface area contributed by atoms with Crippen LogP contribution in [0.1, 0.15) is 47.5 Å². The lowest BCUT2D eigenvalue weighted by Crippen LogP contribution is -2.29. The van der Waals surface area contributed by atoms with Crippen LogP contribution in [0.5, 0.6) is 0 Å². The Balaban J connectivity index is 3.16. The molecule has 0 aliphatic rings. The van der Waals surface area contributed by atoms with Crippen LogP contribution < -0.4 is 5.32 Å². The van der Waals surface area contributed by atoms with Gasteiger partial charge in [0.2, 0.25) is 0 Å². The molecule has 0 aromatic heterocycles. The molecule has 0 amide bonds. The van der Waals surface area contributed by atoms with Gasteiger partial charge in [-0.1, -0.05) is 27.7 Å². The number of ether oxygens (including phenoxy) is 1. The molecule has 0 fully saturated rings. The molecule has 0 aliphatic heterocycles. The maximum atomic E-state index is 5.52. The molecule has 0 radical (unpaired) electrons. The summed E-state index contributed by atoms with van der Waals surface area (Å²) in [6.07, 6.45) is 2.38. The van der Waals surface area contributed by atoms with Crippen molar-refractivity contribution in [2.24, 2.45) is 11.8 Å². The smallest absolute Gasteiger partial charge is 0.0489 e. The summed E-state index contributed by atoms with van der Waals surface area (Å²) < 4.78 is 5.52. The highest BCUT2D eigenvalue weighted by molar-refractivity contribution is 4.62. The molecule has 15 heavy (non-hydrogen) atoms. The van der Waals surface area contributed by atoms with E-state index in [1.54, 1.807) is 0 Å². The Bertz CT molecular complexity index is 134. The maximum absolute atomic E-state index is 5.52. The van der Waals surface area contributed by atoms with Crippen LogP contribution in [0.25, 0.3) is 0 Å². The highest BCUT2D eigenvalue weighted by Gasteiger charge is 2.03. The molecule has 0 saturated carbocycles. The molecule has 1 atom stereocenters. The number of nitrogens with one attached hydrogen (secondary N) is 1. The van der Waals surface area contributed by atoms with Gasteiger partial charge >= 0.3 is 0 Å². The molecular weight excluding hydrogens is 186 g/mol.